The highest BCUT2D eigenvalue weighted by Crippen LogP contribution is 2.69. The van der Waals surface area contributed by atoms with Crippen LogP contribution in [0.4, 0.5) is 0 Å². The highest BCUT2D eigenvalue weighted by molar-refractivity contribution is 5.17. The van der Waals surface area contributed by atoms with Crippen molar-refractivity contribution in [2.45, 2.75) is 130 Å². The van der Waals surface area contributed by atoms with E-state index >= 15 is 0 Å². The highest BCUT2D eigenvalue weighted by Gasteiger charge is 2.67. The largest absolute Gasteiger partial charge is 0.393 e. The van der Waals surface area contributed by atoms with Crippen molar-refractivity contribution in [3.63, 3.8) is 0 Å². The van der Waals surface area contributed by atoms with Crippen LogP contribution < -0.4 is 0 Å². The molecule has 4 aliphatic carbocycles. The number of fused-ring (bicyclic) bond motifs is 5. The third-order valence-electron chi connectivity index (χ3n) is 12.1. The Labute approximate surface area is 197 Å². The van der Waals surface area contributed by atoms with Gasteiger partial charge in [0.2, 0.25) is 0 Å². The Balaban J connectivity index is 1.51. The molecule has 0 aromatic heterocycles. The Morgan fingerprint density at radius 2 is 1.62 bits per heavy atom. The lowest BCUT2D eigenvalue weighted by molar-refractivity contribution is -0.264. The summed E-state index contributed by atoms with van der Waals surface area (Å²) in [6.45, 7) is 14.5. The number of aliphatic hydroxyl groups excluding tert-OH is 2. The van der Waals surface area contributed by atoms with E-state index in [0.717, 1.165) is 42.9 Å². The normalized spacial score (nSPS) is 50.4. The van der Waals surface area contributed by atoms with E-state index in [0.29, 0.717) is 29.6 Å². The molecule has 0 unspecified atom stereocenters. The second-order valence-corrected chi connectivity index (χ2v) is 13.6. The first-order valence-corrected chi connectivity index (χ1v) is 14.1. The Kier molecular flexibility index (Phi) is 6.89. The summed E-state index contributed by atoms with van der Waals surface area (Å²) < 4.78 is 0. The van der Waals surface area contributed by atoms with Crippen LogP contribution >= 0.6 is 0 Å². The van der Waals surface area contributed by atoms with Gasteiger partial charge in [-0.05, 0) is 98.2 Å². The van der Waals surface area contributed by atoms with Gasteiger partial charge in [0.05, 0.1) is 17.8 Å². The smallest absolute Gasteiger partial charge is 0.0985 e. The van der Waals surface area contributed by atoms with Crippen LogP contribution in [0.1, 0.15) is 112 Å². The van der Waals surface area contributed by atoms with Crippen molar-refractivity contribution in [3.8, 4) is 0 Å². The molecule has 3 N–H and O–H groups in total. The van der Waals surface area contributed by atoms with E-state index in [-0.39, 0.29) is 5.41 Å². The Hall–Kier alpha value is -0.120. The van der Waals surface area contributed by atoms with Gasteiger partial charge in [-0.25, -0.2) is 0 Å². The lowest BCUT2D eigenvalue weighted by atomic mass is 9.42. The fourth-order valence-corrected chi connectivity index (χ4v) is 9.92. The maximum atomic E-state index is 11.7. The number of hydrogen-bond donors (Lipinski definition) is 3. The molecule has 11 atom stereocenters. The first kappa shape index (κ1) is 25.0. The number of rotatable bonds is 6. The van der Waals surface area contributed by atoms with Gasteiger partial charge in [0.1, 0.15) is 0 Å². The van der Waals surface area contributed by atoms with Crippen LogP contribution in [0.15, 0.2) is 0 Å². The molecule has 4 rings (SSSR count). The van der Waals surface area contributed by atoms with Crippen molar-refractivity contribution in [2.24, 2.45) is 52.3 Å². The minimum atomic E-state index is -1.11. The van der Waals surface area contributed by atoms with Crippen molar-refractivity contribution in [2.75, 3.05) is 0 Å². The monoisotopic (exact) mass is 448 g/mol. The third kappa shape index (κ3) is 3.72. The predicted molar refractivity (Wildman–Crippen MR) is 131 cm³/mol. The summed E-state index contributed by atoms with van der Waals surface area (Å²) in [5, 5.41) is 33.2. The minimum absolute atomic E-state index is 0.259. The van der Waals surface area contributed by atoms with E-state index < -0.39 is 17.8 Å². The highest BCUT2D eigenvalue weighted by atomic mass is 16.3. The lowest BCUT2D eigenvalue weighted by Gasteiger charge is -2.65. The maximum absolute atomic E-state index is 11.7. The fraction of sp³-hybridized carbons (Fsp3) is 1.00. The summed E-state index contributed by atoms with van der Waals surface area (Å²) in [6.07, 6.45) is 10.7. The van der Waals surface area contributed by atoms with Gasteiger partial charge >= 0.3 is 0 Å². The number of hydrogen-bond acceptors (Lipinski definition) is 3. The van der Waals surface area contributed by atoms with E-state index in [1.165, 1.54) is 44.9 Å². The molecule has 3 nitrogen and oxygen atoms in total. The molecule has 0 aromatic carbocycles. The summed E-state index contributed by atoms with van der Waals surface area (Å²) in [4.78, 5) is 0. The molecule has 3 heteroatoms. The standard InChI is InChI=1S/C29H52O3/c1-7-20(18(2)3)9-8-19(4)23-10-11-24-22-16-26(31)29(32)17-21(30)12-15-28(29,6)25(22)13-14-27(23,24)5/h18-26,30-32H,7-17H2,1-6H3/t19-,20+,21+,22+,23-,24+,25+,26-,27-,28-,29+/m1/s1. The van der Waals surface area contributed by atoms with Crippen LogP contribution in [0.2, 0.25) is 0 Å². The molecule has 0 aliphatic heterocycles. The average Bonchev–Trinajstić information content (AvgIpc) is 3.08. The Morgan fingerprint density at radius 1 is 0.906 bits per heavy atom. The van der Waals surface area contributed by atoms with Gasteiger partial charge in [-0.3, -0.25) is 0 Å². The van der Waals surface area contributed by atoms with Gasteiger partial charge in [-0.15, -0.1) is 0 Å². The lowest BCUT2D eigenvalue weighted by Crippen LogP contribution is -2.68. The van der Waals surface area contributed by atoms with Crippen LogP contribution in [-0.4, -0.2) is 33.1 Å². The van der Waals surface area contributed by atoms with Crippen LogP contribution in [-0.2, 0) is 0 Å². The van der Waals surface area contributed by atoms with Crippen molar-refractivity contribution in [3.05, 3.63) is 0 Å². The summed E-state index contributed by atoms with van der Waals surface area (Å²) in [6, 6.07) is 0. The zero-order valence-corrected chi connectivity index (χ0v) is 21.8. The van der Waals surface area contributed by atoms with Crippen molar-refractivity contribution in [1.29, 1.82) is 0 Å². The van der Waals surface area contributed by atoms with Crippen LogP contribution in [0.5, 0.6) is 0 Å². The molecule has 0 aromatic rings. The maximum Gasteiger partial charge on any atom is 0.0985 e. The predicted octanol–water partition coefficient (Wildman–Crippen LogP) is 6.19. The zero-order chi connectivity index (χ0) is 23.5. The second-order valence-electron chi connectivity index (χ2n) is 13.6. The van der Waals surface area contributed by atoms with E-state index in [2.05, 4.69) is 41.5 Å². The quantitative estimate of drug-likeness (QED) is 0.454. The van der Waals surface area contributed by atoms with Crippen molar-refractivity contribution < 1.29 is 15.3 Å². The summed E-state index contributed by atoms with van der Waals surface area (Å²) in [7, 11) is 0. The van der Waals surface area contributed by atoms with E-state index in [1.807, 2.05) is 0 Å². The summed E-state index contributed by atoms with van der Waals surface area (Å²) in [5.41, 5.74) is -0.984. The van der Waals surface area contributed by atoms with E-state index in [9.17, 15) is 15.3 Å². The molecule has 186 valence electrons. The fourth-order valence-electron chi connectivity index (χ4n) is 9.92. The minimum Gasteiger partial charge on any atom is -0.393 e. The summed E-state index contributed by atoms with van der Waals surface area (Å²) >= 11 is 0. The van der Waals surface area contributed by atoms with Crippen molar-refractivity contribution in [1.82, 2.24) is 0 Å². The molecule has 4 aliphatic rings. The van der Waals surface area contributed by atoms with Crippen LogP contribution in [0, 0.1) is 52.3 Å². The molecular weight excluding hydrogens is 396 g/mol. The van der Waals surface area contributed by atoms with E-state index in [4.69, 9.17) is 0 Å². The van der Waals surface area contributed by atoms with Gasteiger partial charge in [0.15, 0.2) is 0 Å². The topological polar surface area (TPSA) is 60.7 Å². The summed E-state index contributed by atoms with van der Waals surface area (Å²) in [5.74, 6) is 4.92. The van der Waals surface area contributed by atoms with Gasteiger partial charge in [-0.1, -0.05) is 54.4 Å². The van der Waals surface area contributed by atoms with Crippen molar-refractivity contribution >= 4 is 0 Å². The molecule has 0 radical (unpaired) electrons. The molecule has 32 heavy (non-hydrogen) atoms. The molecule has 0 bridgehead atoms. The average molecular weight is 449 g/mol. The third-order valence-corrected chi connectivity index (χ3v) is 12.1. The molecule has 0 heterocycles. The van der Waals surface area contributed by atoms with Crippen LogP contribution in [0.25, 0.3) is 0 Å². The molecule has 0 amide bonds. The van der Waals surface area contributed by atoms with E-state index in [1.54, 1.807) is 0 Å². The van der Waals surface area contributed by atoms with Crippen LogP contribution in [0.3, 0.4) is 0 Å². The van der Waals surface area contributed by atoms with Gasteiger partial charge in [0.25, 0.3) is 0 Å². The molecule has 4 fully saturated rings. The first-order chi connectivity index (χ1) is 15.0. The Bertz CT molecular complexity index is 663. The molecule has 0 spiro atoms. The second kappa shape index (κ2) is 8.83. The molecule has 0 saturated heterocycles. The Morgan fingerprint density at radius 3 is 2.28 bits per heavy atom. The molecule has 4 saturated carbocycles. The first-order valence-electron chi connectivity index (χ1n) is 14.1. The van der Waals surface area contributed by atoms with Gasteiger partial charge < -0.3 is 15.3 Å². The SMILES string of the molecule is CC[C@@H](CC[C@@H](C)[C@H]1CC[C@H]2[C@@H]3C[C@@H](O)[C@@]4(O)C[C@@H](O)CC[C@]4(C)[C@H]3CC[C@]12C)C(C)C. The number of aliphatic hydroxyl groups is 3. The zero-order valence-electron chi connectivity index (χ0n) is 21.8. The van der Waals surface area contributed by atoms with Gasteiger partial charge in [-0.2, -0.15) is 0 Å². The van der Waals surface area contributed by atoms with Gasteiger partial charge in [0, 0.05) is 11.8 Å². The molecular formula is C29H52O3.